The number of hydrogen-bond donors (Lipinski definition) is 2. The van der Waals surface area contributed by atoms with Gasteiger partial charge in [-0.25, -0.2) is 12.8 Å². The largest absolute Gasteiger partial charge is 0.397 e. The lowest BCUT2D eigenvalue weighted by Gasteiger charge is -2.19. The van der Waals surface area contributed by atoms with Crippen LogP contribution in [0.15, 0.2) is 18.2 Å². The molecule has 0 aliphatic heterocycles. The summed E-state index contributed by atoms with van der Waals surface area (Å²) in [7, 11) is -3.61. The number of sulfonamides is 1. The fourth-order valence-corrected chi connectivity index (χ4v) is 3.15. The van der Waals surface area contributed by atoms with Crippen LogP contribution in [0.1, 0.15) is 20.8 Å². The topological polar surface area (TPSA) is 72.2 Å². The van der Waals surface area contributed by atoms with Gasteiger partial charge in [-0.2, -0.15) is 0 Å². The van der Waals surface area contributed by atoms with Crippen LogP contribution in [0.3, 0.4) is 0 Å². The molecule has 4 nitrogen and oxygen atoms in total. The van der Waals surface area contributed by atoms with Crippen LogP contribution in [0.4, 0.5) is 15.8 Å². The molecule has 0 amide bonds. The van der Waals surface area contributed by atoms with Crippen molar-refractivity contribution in [1.82, 2.24) is 0 Å². The summed E-state index contributed by atoms with van der Waals surface area (Å²) in [5, 5.41) is 0. The molecule has 3 N–H and O–H groups in total. The standard InChI is InChI=1S/C11H17FN2O2S/c1-11(2,3)7-17(15,16)14-10-8(12)5-4-6-9(10)13/h4-6,14H,7,13H2,1-3H3. The molecule has 0 unspecified atom stereocenters. The van der Waals surface area contributed by atoms with Crippen LogP contribution in [0.5, 0.6) is 0 Å². The van der Waals surface area contributed by atoms with Crippen molar-refractivity contribution >= 4 is 21.4 Å². The zero-order chi connectivity index (χ0) is 13.3. The van der Waals surface area contributed by atoms with Gasteiger partial charge in [0.1, 0.15) is 11.5 Å². The molecular formula is C11H17FN2O2S. The number of hydrogen-bond acceptors (Lipinski definition) is 3. The molecule has 0 aliphatic carbocycles. The Hall–Kier alpha value is -1.30. The van der Waals surface area contributed by atoms with Crippen LogP contribution in [0, 0.1) is 11.2 Å². The Balaban J connectivity index is 2.99. The monoisotopic (exact) mass is 260 g/mol. The first-order chi connectivity index (χ1) is 7.61. The van der Waals surface area contributed by atoms with E-state index >= 15 is 0 Å². The second-order valence-electron chi connectivity index (χ2n) is 5.13. The van der Waals surface area contributed by atoms with Crippen LogP contribution in [0.2, 0.25) is 0 Å². The Labute approximate surface area is 101 Å². The van der Waals surface area contributed by atoms with Gasteiger partial charge in [-0.15, -0.1) is 0 Å². The van der Waals surface area contributed by atoms with Gasteiger partial charge >= 0.3 is 0 Å². The van der Waals surface area contributed by atoms with Crippen molar-refractivity contribution in [3.8, 4) is 0 Å². The molecule has 0 spiro atoms. The fraction of sp³-hybridized carbons (Fsp3) is 0.455. The number of nitrogen functional groups attached to an aromatic ring is 1. The highest BCUT2D eigenvalue weighted by molar-refractivity contribution is 7.92. The molecule has 0 saturated heterocycles. The number of nitrogens with two attached hydrogens (primary N) is 1. The van der Waals surface area contributed by atoms with Gasteiger partial charge in [0.25, 0.3) is 0 Å². The summed E-state index contributed by atoms with van der Waals surface area (Å²) in [6.07, 6.45) is 0. The Morgan fingerprint density at radius 3 is 2.41 bits per heavy atom. The third-order valence-corrected chi connectivity index (χ3v) is 3.69. The number of benzene rings is 1. The first-order valence-electron chi connectivity index (χ1n) is 5.15. The molecule has 17 heavy (non-hydrogen) atoms. The Morgan fingerprint density at radius 2 is 1.94 bits per heavy atom. The lowest BCUT2D eigenvalue weighted by Crippen LogP contribution is -2.26. The second kappa shape index (κ2) is 4.52. The zero-order valence-corrected chi connectivity index (χ0v) is 10.9. The van der Waals surface area contributed by atoms with Crippen molar-refractivity contribution in [1.29, 1.82) is 0 Å². The number of para-hydroxylation sites is 1. The van der Waals surface area contributed by atoms with E-state index in [0.717, 1.165) is 6.07 Å². The summed E-state index contributed by atoms with van der Waals surface area (Å²) >= 11 is 0. The smallest absolute Gasteiger partial charge is 0.233 e. The van der Waals surface area contributed by atoms with E-state index in [9.17, 15) is 12.8 Å². The van der Waals surface area contributed by atoms with E-state index in [1.807, 2.05) is 0 Å². The first-order valence-corrected chi connectivity index (χ1v) is 6.80. The summed E-state index contributed by atoms with van der Waals surface area (Å²) in [6.45, 7) is 5.37. The zero-order valence-electron chi connectivity index (χ0n) is 10.1. The second-order valence-corrected chi connectivity index (χ2v) is 6.85. The van der Waals surface area contributed by atoms with Crippen molar-refractivity contribution in [2.75, 3.05) is 16.2 Å². The normalized spacial score (nSPS) is 12.5. The van der Waals surface area contributed by atoms with Crippen molar-refractivity contribution < 1.29 is 12.8 Å². The predicted octanol–water partition coefficient (Wildman–Crippen LogP) is 2.20. The van der Waals surface area contributed by atoms with E-state index in [-0.39, 0.29) is 17.1 Å². The molecule has 1 rings (SSSR count). The summed E-state index contributed by atoms with van der Waals surface area (Å²) in [4.78, 5) is 0. The minimum absolute atomic E-state index is 0.0717. The summed E-state index contributed by atoms with van der Waals surface area (Å²) in [5.41, 5.74) is 5.00. The highest BCUT2D eigenvalue weighted by atomic mass is 32.2. The third-order valence-electron chi connectivity index (χ3n) is 1.93. The maximum Gasteiger partial charge on any atom is 0.233 e. The molecule has 1 aromatic rings. The lowest BCUT2D eigenvalue weighted by molar-refractivity contribution is 0.463. The van der Waals surface area contributed by atoms with Crippen LogP contribution < -0.4 is 10.5 Å². The van der Waals surface area contributed by atoms with Crippen molar-refractivity contribution in [2.24, 2.45) is 5.41 Å². The Morgan fingerprint density at radius 1 is 1.35 bits per heavy atom. The number of rotatable bonds is 3. The minimum Gasteiger partial charge on any atom is -0.397 e. The van der Waals surface area contributed by atoms with Gasteiger partial charge in [0.15, 0.2) is 0 Å². The van der Waals surface area contributed by atoms with E-state index < -0.39 is 21.3 Å². The molecule has 6 heteroatoms. The molecule has 1 aromatic carbocycles. The predicted molar refractivity (Wildman–Crippen MR) is 67.7 cm³/mol. The van der Waals surface area contributed by atoms with Gasteiger partial charge < -0.3 is 5.73 Å². The lowest BCUT2D eigenvalue weighted by atomic mass is 10.0. The maximum absolute atomic E-state index is 13.4. The summed E-state index contributed by atoms with van der Waals surface area (Å²) in [5.74, 6) is -0.782. The summed E-state index contributed by atoms with van der Waals surface area (Å²) in [6, 6.07) is 4.02. The summed E-state index contributed by atoms with van der Waals surface area (Å²) < 4.78 is 39.2. The Kier molecular flexibility index (Phi) is 3.66. The van der Waals surface area contributed by atoms with Crippen LogP contribution >= 0.6 is 0 Å². The van der Waals surface area contributed by atoms with Gasteiger partial charge in [0, 0.05) is 0 Å². The first kappa shape index (κ1) is 13.8. The van der Waals surface area contributed by atoms with Crippen molar-refractivity contribution in [3.05, 3.63) is 24.0 Å². The quantitative estimate of drug-likeness (QED) is 0.818. The molecule has 0 aliphatic rings. The van der Waals surface area contributed by atoms with Gasteiger partial charge in [0.05, 0.1) is 11.4 Å². The molecular weight excluding hydrogens is 243 g/mol. The van der Waals surface area contributed by atoms with Gasteiger partial charge in [-0.3, -0.25) is 4.72 Å². The van der Waals surface area contributed by atoms with Crippen molar-refractivity contribution in [2.45, 2.75) is 20.8 Å². The molecule has 96 valence electrons. The maximum atomic E-state index is 13.4. The Bertz CT molecular complexity index is 486. The molecule has 0 radical (unpaired) electrons. The average molecular weight is 260 g/mol. The van der Waals surface area contributed by atoms with E-state index in [0.29, 0.717) is 0 Å². The highest BCUT2D eigenvalue weighted by Crippen LogP contribution is 2.25. The van der Waals surface area contributed by atoms with Crippen molar-refractivity contribution in [3.63, 3.8) is 0 Å². The number of nitrogens with one attached hydrogen (secondary N) is 1. The van der Waals surface area contributed by atoms with E-state index in [2.05, 4.69) is 4.72 Å². The molecule has 0 bridgehead atoms. The van der Waals surface area contributed by atoms with Gasteiger partial charge in [-0.1, -0.05) is 26.8 Å². The van der Waals surface area contributed by atoms with Gasteiger partial charge in [0.2, 0.25) is 10.0 Å². The minimum atomic E-state index is -3.61. The van der Waals surface area contributed by atoms with E-state index in [1.54, 1.807) is 20.8 Å². The SMILES string of the molecule is CC(C)(C)CS(=O)(=O)Nc1c(N)cccc1F. The number of halogens is 1. The molecule has 0 aromatic heterocycles. The number of anilines is 2. The molecule has 0 fully saturated rings. The van der Waals surface area contributed by atoms with E-state index in [4.69, 9.17) is 5.73 Å². The molecule has 0 saturated carbocycles. The fourth-order valence-electron chi connectivity index (χ4n) is 1.41. The molecule has 0 atom stereocenters. The van der Waals surface area contributed by atoms with Crippen LogP contribution in [-0.4, -0.2) is 14.2 Å². The van der Waals surface area contributed by atoms with Crippen LogP contribution in [0.25, 0.3) is 0 Å². The van der Waals surface area contributed by atoms with E-state index in [1.165, 1.54) is 12.1 Å². The molecule has 0 heterocycles. The third kappa shape index (κ3) is 4.22. The van der Waals surface area contributed by atoms with Gasteiger partial charge in [-0.05, 0) is 17.5 Å². The highest BCUT2D eigenvalue weighted by Gasteiger charge is 2.23. The van der Waals surface area contributed by atoms with Crippen LogP contribution in [-0.2, 0) is 10.0 Å². The average Bonchev–Trinajstić information content (AvgIpc) is 2.07.